The second-order valence-corrected chi connectivity index (χ2v) is 7.68. The molecule has 0 radical (unpaired) electrons. The SMILES string of the molecule is Cc1c(C(=O)N2CCN(c3ccc(-c4ccncc4)nn3)CC2)cnn1-c1ccccc1. The van der Waals surface area contributed by atoms with Gasteiger partial charge < -0.3 is 9.80 Å². The summed E-state index contributed by atoms with van der Waals surface area (Å²) in [5.74, 6) is 0.839. The number of amides is 1. The molecule has 0 unspecified atom stereocenters. The van der Waals surface area contributed by atoms with Gasteiger partial charge in [-0.25, -0.2) is 4.68 Å². The molecule has 0 N–H and O–H groups in total. The zero-order chi connectivity index (χ0) is 21.9. The van der Waals surface area contributed by atoms with E-state index in [1.54, 1.807) is 18.6 Å². The molecule has 5 rings (SSSR count). The van der Waals surface area contributed by atoms with Crippen molar-refractivity contribution in [2.75, 3.05) is 31.1 Å². The minimum Gasteiger partial charge on any atom is -0.352 e. The summed E-state index contributed by atoms with van der Waals surface area (Å²) in [5.41, 5.74) is 4.24. The lowest BCUT2D eigenvalue weighted by atomic mass is 10.2. The van der Waals surface area contributed by atoms with E-state index in [0.29, 0.717) is 31.7 Å². The Bertz CT molecular complexity index is 1200. The lowest BCUT2D eigenvalue weighted by molar-refractivity contribution is 0.0745. The molecule has 0 saturated carbocycles. The van der Waals surface area contributed by atoms with Crippen LogP contribution in [0.15, 0.2) is 73.2 Å². The van der Waals surface area contributed by atoms with Crippen molar-refractivity contribution in [1.82, 2.24) is 29.9 Å². The van der Waals surface area contributed by atoms with Crippen molar-refractivity contribution in [2.24, 2.45) is 0 Å². The normalized spacial score (nSPS) is 13.9. The van der Waals surface area contributed by atoms with Gasteiger partial charge in [-0.2, -0.15) is 5.10 Å². The molecule has 0 atom stereocenters. The van der Waals surface area contributed by atoms with Crippen LogP contribution in [0.3, 0.4) is 0 Å². The van der Waals surface area contributed by atoms with Gasteiger partial charge in [0, 0.05) is 44.1 Å². The highest BCUT2D eigenvalue weighted by atomic mass is 16.2. The highest BCUT2D eigenvalue weighted by Crippen LogP contribution is 2.20. The number of aromatic nitrogens is 5. The molecule has 8 heteroatoms. The number of rotatable bonds is 4. The van der Waals surface area contributed by atoms with Gasteiger partial charge in [-0.05, 0) is 43.3 Å². The maximum absolute atomic E-state index is 13.1. The Morgan fingerprint density at radius 3 is 2.31 bits per heavy atom. The molecule has 1 amide bonds. The number of piperazine rings is 1. The predicted octanol–water partition coefficient (Wildman–Crippen LogP) is 3.00. The number of pyridine rings is 1. The first kappa shape index (κ1) is 19.9. The molecule has 32 heavy (non-hydrogen) atoms. The Labute approximate surface area is 186 Å². The van der Waals surface area contributed by atoms with Crippen molar-refractivity contribution in [3.05, 3.63) is 84.4 Å². The van der Waals surface area contributed by atoms with Crippen LogP contribution < -0.4 is 4.90 Å². The lowest BCUT2D eigenvalue weighted by Gasteiger charge is -2.35. The van der Waals surface area contributed by atoms with Gasteiger partial charge in [0.1, 0.15) is 0 Å². The van der Waals surface area contributed by atoms with Crippen molar-refractivity contribution >= 4 is 11.7 Å². The van der Waals surface area contributed by atoms with Gasteiger partial charge in [0.25, 0.3) is 5.91 Å². The summed E-state index contributed by atoms with van der Waals surface area (Å²) in [5, 5.41) is 13.2. The third-order valence-electron chi connectivity index (χ3n) is 5.76. The average Bonchev–Trinajstić information content (AvgIpc) is 3.26. The van der Waals surface area contributed by atoms with Gasteiger partial charge >= 0.3 is 0 Å². The van der Waals surface area contributed by atoms with Gasteiger partial charge in [-0.15, -0.1) is 10.2 Å². The zero-order valence-electron chi connectivity index (χ0n) is 17.8. The molecule has 8 nitrogen and oxygen atoms in total. The van der Waals surface area contributed by atoms with Gasteiger partial charge in [0.15, 0.2) is 5.82 Å². The molecule has 0 bridgehead atoms. The van der Waals surface area contributed by atoms with Crippen LogP contribution in [0.5, 0.6) is 0 Å². The molecule has 0 spiro atoms. The Kier molecular flexibility index (Phi) is 5.33. The van der Waals surface area contributed by atoms with Crippen LogP contribution >= 0.6 is 0 Å². The van der Waals surface area contributed by atoms with Crippen molar-refractivity contribution in [3.8, 4) is 16.9 Å². The molecule has 0 aliphatic carbocycles. The number of carbonyl (C=O) groups is 1. The molecule has 160 valence electrons. The molecule has 3 aromatic heterocycles. The summed E-state index contributed by atoms with van der Waals surface area (Å²) in [7, 11) is 0. The molecular weight excluding hydrogens is 402 g/mol. The van der Waals surface area contributed by atoms with E-state index in [1.165, 1.54) is 0 Å². The van der Waals surface area contributed by atoms with Crippen LogP contribution in [-0.4, -0.2) is 61.9 Å². The highest BCUT2D eigenvalue weighted by Gasteiger charge is 2.25. The fourth-order valence-electron chi connectivity index (χ4n) is 3.93. The van der Waals surface area contributed by atoms with Crippen LogP contribution in [-0.2, 0) is 0 Å². The first-order valence-electron chi connectivity index (χ1n) is 10.6. The quantitative estimate of drug-likeness (QED) is 0.500. The van der Waals surface area contributed by atoms with E-state index < -0.39 is 0 Å². The van der Waals surface area contributed by atoms with Crippen LogP contribution in [0.4, 0.5) is 5.82 Å². The number of benzene rings is 1. The second kappa shape index (κ2) is 8.58. The third kappa shape index (κ3) is 3.82. The van der Waals surface area contributed by atoms with Gasteiger partial charge in [-0.3, -0.25) is 9.78 Å². The van der Waals surface area contributed by atoms with Crippen molar-refractivity contribution in [3.63, 3.8) is 0 Å². The maximum atomic E-state index is 13.1. The van der Waals surface area contributed by atoms with Crippen molar-refractivity contribution in [1.29, 1.82) is 0 Å². The summed E-state index contributed by atoms with van der Waals surface area (Å²) in [6, 6.07) is 17.6. The molecule has 1 saturated heterocycles. The van der Waals surface area contributed by atoms with E-state index in [1.807, 2.05) is 71.1 Å². The van der Waals surface area contributed by atoms with E-state index in [0.717, 1.165) is 28.5 Å². The second-order valence-electron chi connectivity index (χ2n) is 7.68. The topological polar surface area (TPSA) is 80.0 Å². The third-order valence-corrected chi connectivity index (χ3v) is 5.76. The number of para-hydroxylation sites is 1. The van der Waals surface area contributed by atoms with E-state index >= 15 is 0 Å². The van der Waals surface area contributed by atoms with E-state index in [9.17, 15) is 4.79 Å². The predicted molar refractivity (Wildman–Crippen MR) is 122 cm³/mol. The largest absolute Gasteiger partial charge is 0.352 e. The number of carbonyl (C=O) groups excluding carboxylic acids is 1. The smallest absolute Gasteiger partial charge is 0.257 e. The summed E-state index contributed by atoms with van der Waals surface area (Å²) in [4.78, 5) is 21.2. The standard InChI is InChI=1S/C24H23N7O/c1-18-21(17-26-31(18)20-5-3-2-4-6-20)24(32)30-15-13-29(14-16-30)23-8-7-22(27-28-23)19-9-11-25-12-10-19/h2-12,17H,13-16H2,1H3. The van der Waals surface area contributed by atoms with E-state index in [2.05, 4.69) is 25.2 Å². The fraction of sp³-hybridized carbons (Fsp3) is 0.208. The minimum atomic E-state index is 0.0171. The summed E-state index contributed by atoms with van der Waals surface area (Å²) in [6.07, 6.45) is 5.15. The van der Waals surface area contributed by atoms with Crippen LogP contribution in [0.1, 0.15) is 16.1 Å². The maximum Gasteiger partial charge on any atom is 0.257 e. The lowest BCUT2D eigenvalue weighted by Crippen LogP contribution is -2.49. The number of hydrogen-bond donors (Lipinski definition) is 0. The molecule has 4 heterocycles. The Balaban J connectivity index is 1.24. The fourth-order valence-corrected chi connectivity index (χ4v) is 3.93. The Morgan fingerprint density at radius 2 is 1.62 bits per heavy atom. The molecular formula is C24H23N7O. The number of anilines is 1. The van der Waals surface area contributed by atoms with E-state index in [-0.39, 0.29) is 5.91 Å². The highest BCUT2D eigenvalue weighted by molar-refractivity contribution is 5.95. The van der Waals surface area contributed by atoms with Gasteiger partial charge in [0.05, 0.1) is 28.8 Å². The van der Waals surface area contributed by atoms with Crippen LogP contribution in [0, 0.1) is 6.92 Å². The van der Waals surface area contributed by atoms with E-state index in [4.69, 9.17) is 0 Å². The molecule has 1 aliphatic rings. The molecule has 1 fully saturated rings. The van der Waals surface area contributed by atoms with Gasteiger partial charge in [-0.1, -0.05) is 18.2 Å². The van der Waals surface area contributed by atoms with Crippen molar-refractivity contribution < 1.29 is 4.79 Å². The molecule has 1 aliphatic heterocycles. The summed E-state index contributed by atoms with van der Waals surface area (Å²) < 4.78 is 1.81. The van der Waals surface area contributed by atoms with Crippen molar-refractivity contribution in [2.45, 2.75) is 6.92 Å². The van der Waals surface area contributed by atoms with Crippen LogP contribution in [0.2, 0.25) is 0 Å². The Hall–Kier alpha value is -4.07. The summed E-state index contributed by atoms with van der Waals surface area (Å²) >= 11 is 0. The van der Waals surface area contributed by atoms with Crippen LogP contribution in [0.25, 0.3) is 16.9 Å². The monoisotopic (exact) mass is 425 g/mol. The Morgan fingerprint density at radius 1 is 0.875 bits per heavy atom. The first-order chi connectivity index (χ1) is 15.7. The molecule has 1 aromatic carbocycles. The first-order valence-corrected chi connectivity index (χ1v) is 10.6. The number of nitrogens with zero attached hydrogens (tertiary/aromatic N) is 7. The number of hydrogen-bond acceptors (Lipinski definition) is 6. The minimum absolute atomic E-state index is 0.0171. The summed E-state index contributed by atoms with van der Waals surface area (Å²) in [6.45, 7) is 4.61. The van der Waals surface area contributed by atoms with Gasteiger partial charge in [0.2, 0.25) is 0 Å². The zero-order valence-corrected chi connectivity index (χ0v) is 17.8. The molecule has 4 aromatic rings. The average molecular weight is 425 g/mol.